The van der Waals surface area contributed by atoms with Gasteiger partial charge in [-0.25, -0.2) is 0 Å². The average molecular weight is 563 g/mol. The molecule has 1 saturated heterocycles. The normalized spacial score (nSPS) is 16.1. The average Bonchev–Trinajstić information content (AvgIpc) is 3.60. The molecule has 1 unspecified atom stereocenters. The number of quaternary nitrogens is 1. The molecule has 1 fully saturated rings. The lowest BCUT2D eigenvalue weighted by atomic mass is 10.0. The fourth-order valence-corrected chi connectivity index (χ4v) is 7.16. The highest BCUT2D eigenvalue weighted by Gasteiger charge is 2.49. The van der Waals surface area contributed by atoms with Crippen LogP contribution in [0.15, 0.2) is 0 Å². The first kappa shape index (κ1) is 38.0. The summed E-state index contributed by atoms with van der Waals surface area (Å²) in [4.78, 5) is 0. The zero-order chi connectivity index (χ0) is 28.8. The van der Waals surface area contributed by atoms with E-state index in [1.165, 1.54) is 230 Å². The predicted molar refractivity (Wildman–Crippen MR) is 183 cm³/mol. The Morgan fingerprint density at radius 1 is 0.325 bits per heavy atom. The lowest BCUT2D eigenvalue weighted by Crippen LogP contribution is -2.30. The van der Waals surface area contributed by atoms with Gasteiger partial charge in [-0.15, -0.1) is 0 Å². The summed E-state index contributed by atoms with van der Waals surface area (Å²) < 4.78 is 1.48. The highest BCUT2D eigenvalue weighted by atomic mass is 15.5. The van der Waals surface area contributed by atoms with Gasteiger partial charge >= 0.3 is 0 Å². The second-order valence-electron chi connectivity index (χ2n) is 14.3. The highest BCUT2D eigenvalue weighted by Crippen LogP contribution is 2.32. The molecule has 1 aliphatic heterocycles. The van der Waals surface area contributed by atoms with Crippen LogP contribution in [0, 0.1) is 0 Å². The molecular weight excluding hydrogens is 482 g/mol. The van der Waals surface area contributed by atoms with Gasteiger partial charge in [0.1, 0.15) is 12.6 Å². The van der Waals surface area contributed by atoms with Gasteiger partial charge in [0, 0.05) is 0 Å². The van der Waals surface area contributed by atoms with E-state index in [9.17, 15) is 0 Å². The molecule has 0 saturated carbocycles. The second kappa shape index (κ2) is 29.1. The topological polar surface area (TPSA) is 0 Å². The first-order valence-corrected chi connectivity index (χ1v) is 19.6. The van der Waals surface area contributed by atoms with Crippen LogP contribution in [0.1, 0.15) is 226 Å². The molecule has 0 aromatic heterocycles. The van der Waals surface area contributed by atoms with E-state index in [1.807, 2.05) is 0 Å². The number of hydrogen-bond acceptors (Lipinski definition) is 0. The van der Waals surface area contributed by atoms with Crippen LogP contribution >= 0.6 is 0 Å². The summed E-state index contributed by atoms with van der Waals surface area (Å²) in [6.07, 6.45) is 47.3. The van der Waals surface area contributed by atoms with Crippen LogP contribution < -0.4 is 0 Å². The first-order valence-electron chi connectivity index (χ1n) is 19.6. The Kier molecular flexibility index (Phi) is 27.6. The lowest BCUT2D eigenvalue weighted by molar-refractivity contribution is -0.813. The Morgan fingerprint density at radius 3 is 0.675 bits per heavy atom. The van der Waals surface area contributed by atoms with Crippen LogP contribution in [0.4, 0.5) is 0 Å². The highest BCUT2D eigenvalue weighted by molar-refractivity contribution is 4.70. The van der Waals surface area contributed by atoms with Gasteiger partial charge in [0.15, 0.2) is 0 Å². The molecular formula is C39H80N+. The molecule has 0 amide bonds. The van der Waals surface area contributed by atoms with Crippen LogP contribution in [-0.2, 0) is 0 Å². The summed E-state index contributed by atoms with van der Waals surface area (Å²) in [6.45, 7) is 11.6. The van der Waals surface area contributed by atoms with Crippen molar-refractivity contribution in [2.75, 3.05) is 19.6 Å². The molecule has 0 radical (unpaired) electrons. The Labute approximate surface area is 256 Å². The molecule has 240 valence electrons. The molecule has 0 aromatic carbocycles. The van der Waals surface area contributed by atoms with Crippen molar-refractivity contribution in [3.8, 4) is 0 Å². The maximum Gasteiger partial charge on any atom is 0.136 e. The van der Waals surface area contributed by atoms with Gasteiger partial charge in [-0.05, 0) is 32.6 Å². The van der Waals surface area contributed by atoms with Crippen molar-refractivity contribution in [2.24, 2.45) is 0 Å². The lowest BCUT2D eigenvalue weighted by Gasteiger charge is -2.20. The third-order valence-electron chi connectivity index (χ3n) is 10.3. The van der Waals surface area contributed by atoms with E-state index < -0.39 is 0 Å². The zero-order valence-electron chi connectivity index (χ0n) is 28.8. The van der Waals surface area contributed by atoms with Crippen molar-refractivity contribution >= 4 is 0 Å². The summed E-state index contributed by atoms with van der Waals surface area (Å²) in [7, 11) is 0. The molecule has 1 heterocycles. The standard InChI is InChI=1S/C39H80N/c1-4-6-8-10-12-14-16-18-20-22-24-26-28-30-32-34-36-40(38-39(40)3)37-35-33-31-29-27-25-23-21-19-17-15-13-11-9-7-5-2/h39H,4-38H2,1-3H3/q+1. The fraction of sp³-hybridized carbons (Fsp3) is 1.00. The summed E-state index contributed by atoms with van der Waals surface area (Å²) in [6, 6.07) is 0.965. The summed E-state index contributed by atoms with van der Waals surface area (Å²) >= 11 is 0. The maximum atomic E-state index is 2.51. The van der Waals surface area contributed by atoms with E-state index in [4.69, 9.17) is 0 Å². The van der Waals surface area contributed by atoms with E-state index in [1.54, 1.807) is 0 Å². The molecule has 1 atom stereocenters. The van der Waals surface area contributed by atoms with Gasteiger partial charge in [0.05, 0.1) is 13.1 Å². The summed E-state index contributed by atoms with van der Waals surface area (Å²) in [5, 5.41) is 0. The number of rotatable bonds is 34. The SMILES string of the molecule is CCCCCCCCCCCCCCCCCC[N+]1(CCCCCCCCCCCCCCCCCC)CC1C. The quantitative estimate of drug-likeness (QED) is 0.0415. The molecule has 1 rings (SSSR count). The number of unbranched alkanes of at least 4 members (excludes halogenated alkanes) is 30. The zero-order valence-corrected chi connectivity index (χ0v) is 28.8. The Bertz CT molecular complexity index is 449. The number of hydrogen-bond donors (Lipinski definition) is 0. The van der Waals surface area contributed by atoms with E-state index in [-0.39, 0.29) is 0 Å². The molecule has 40 heavy (non-hydrogen) atoms. The van der Waals surface area contributed by atoms with Gasteiger partial charge in [-0.1, -0.05) is 194 Å². The first-order chi connectivity index (χ1) is 19.7. The minimum atomic E-state index is 0.965. The van der Waals surface area contributed by atoms with Gasteiger partial charge in [0.2, 0.25) is 0 Å². The Morgan fingerprint density at radius 2 is 0.500 bits per heavy atom. The second-order valence-corrected chi connectivity index (χ2v) is 14.3. The molecule has 0 N–H and O–H groups in total. The Hall–Kier alpha value is -0.0400. The van der Waals surface area contributed by atoms with Gasteiger partial charge in [0.25, 0.3) is 0 Å². The van der Waals surface area contributed by atoms with Crippen LogP contribution in [-0.4, -0.2) is 30.2 Å². The largest absolute Gasteiger partial charge is 0.312 e. The van der Waals surface area contributed by atoms with Crippen molar-refractivity contribution in [2.45, 2.75) is 232 Å². The Balaban J connectivity index is 1.79. The number of nitrogens with zero attached hydrogens (tertiary/aromatic N) is 1. The maximum absolute atomic E-state index is 2.51. The molecule has 1 aliphatic rings. The molecule has 0 aliphatic carbocycles. The van der Waals surface area contributed by atoms with Gasteiger partial charge in [-0.2, -0.15) is 0 Å². The van der Waals surface area contributed by atoms with Gasteiger partial charge < -0.3 is 4.48 Å². The molecule has 0 spiro atoms. The monoisotopic (exact) mass is 563 g/mol. The van der Waals surface area contributed by atoms with Crippen molar-refractivity contribution in [1.82, 2.24) is 0 Å². The third-order valence-corrected chi connectivity index (χ3v) is 10.3. The van der Waals surface area contributed by atoms with Crippen molar-refractivity contribution in [1.29, 1.82) is 0 Å². The van der Waals surface area contributed by atoms with E-state index in [0.717, 1.165) is 6.04 Å². The summed E-state index contributed by atoms with van der Waals surface area (Å²) in [5.74, 6) is 0. The van der Waals surface area contributed by atoms with Crippen LogP contribution in [0.3, 0.4) is 0 Å². The van der Waals surface area contributed by atoms with Gasteiger partial charge in [-0.3, -0.25) is 0 Å². The van der Waals surface area contributed by atoms with Crippen LogP contribution in [0.5, 0.6) is 0 Å². The predicted octanol–water partition coefficient (Wildman–Crippen LogP) is 13.7. The van der Waals surface area contributed by atoms with E-state index >= 15 is 0 Å². The van der Waals surface area contributed by atoms with Crippen LogP contribution in [0.25, 0.3) is 0 Å². The van der Waals surface area contributed by atoms with Crippen molar-refractivity contribution in [3.63, 3.8) is 0 Å². The van der Waals surface area contributed by atoms with Crippen LogP contribution in [0.2, 0.25) is 0 Å². The minimum absolute atomic E-state index is 0.965. The third kappa shape index (κ3) is 23.5. The molecule has 0 aromatic rings. The van der Waals surface area contributed by atoms with Crippen molar-refractivity contribution in [3.05, 3.63) is 0 Å². The fourth-order valence-electron chi connectivity index (χ4n) is 7.16. The van der Waals surface area contributed by atoms with E-state index in [0.29, 0.717) is 0 Å². The minimum Gasteiger partial charge on any atom is -0.312 e. The van der Waals surface area contributed by atoms with E-state index in [2.05, 4.69) is 20.8 Å². The molecule has 0 bridgehead atoms. The van der Waals surface area contributed by atoms with Crippen molar-refractivity contribution < 1.29 is 4.48 Å². The molecule has 1 nitrogen and oxygen atoms in total. The summed E-state index contributed by atoms with van der Waals surface area (Å²) in [5.41, 5.74) is 0. The molecule has 1 heteroatoms. The smallest absolute Gasteiger partial charge is 0.136 e.